The van der Waals surface area contributed by atoms with E-state index in [4.69, 9.17) is 14.5 Å². The fourth-order valence-electron chi connectivity index (χ4n) is 4.59. The smallest absolute Gasteiger partial charge is 0.282 e. The van der Waals surface area contributed by atoms with Gasteiger partial charge in [0.25, 0.3) is 5.56 Å². The molecule has 0 bridgehead atoms. The van der Waals surface area contributed by atoms with Gasteiger partial charge in [-0.15, -0.1) is 0 Å². The van der Waals surface area contributed by atoms with Crippen LogP contribution in [-0.2, 0) is 13.0 Å². The first-order valence-corrected chi connectivity index (χ1v) is 15.8. The number of nitrogens with zero attached hydrogens (tertiary/aromatic N) is 3. The Morgan fingerprint density at radius 3 is 2.54 bits per heavy atom. The van der Waals surface area contributed by atoms with E-state index >= 15 is 0 Å². The zero-order valence-corrected chi connectivity index (χ0v) is 27.4. The van der Waals surface area contributed by atoms with Gasteiger partial charge in [0.1, 0.15) is 12.4 Å². The van der Waals surface area contributed by atoms with Gasteiger partial charge < -0.3 is 9.47 Å². The van der Waals surface area contributed by atoms with Crippen LogP contribution in [0.1, 0.15) is 43.6 Å². The third kappa shape index (κ3) is 6.42. The van der Waals surface area contributed by atoms with Gasteiger partial charge in [0.05, 0.1) is 28.2 Å². The van der Waals surface area contributed by atoms with Gasteiger partial charge in [-0.3, -0.25) is 4.79 Å². The van der Waals surface area contributed by atoms with Crippen molar-refractivity contribution in [2.75, 3.05) is 6.61 Å². The SMILES string of the molecule is CCCCc1nc2ccc(Br)cc2c(=O)n1N=Cc1cc(OCC)c(OCc2cccc3ccccc23)c(Br)c1Br. The number of rotatable bonds is 10. The molecule has 0 saturated carbocycles. The number of hydrogen-bond donors (Lipinski definition) is 0. The fraction of sp³-hybridized carbons (Fsp3) is 0.219. The van der Waals surface area contributed by atoms with Crippen LogP contribution in [0, 0.1) is 0 Å². The second kappa shape index (κ2) is 13.3. The molecule has 9 heteroatoms. The van der Waals surface area contributed by atoms with Crippen LogP contribution in [0.5, 0.6) is 11.5 Å². The molecule has 0 N–H and O–H groups in total. The Labute approximate surface area is 263 Å². The summed E-state index contributed by atoms with van der Waals surface area (Å²) in [7, 11) is 0. The van der Waals surface area contributed by atoms with E-state index in [1.165, 1.54) is 4.68 Å². The molecule has 0 spiro atoms. The summed E-state index contributed by atoms with van der Waals surface area (Å²) in [6, 6.07) is 21.8. The van der Waals surface area contributed by atoms with Crippen LogP contribution < -0.4 is 15.0 Å². The number of aryl methyl sites for hydroxylation is 1. The average Bonchev–Trinajstić information content (AvgIpc) is 2.98. The molecule has 0 aliphatic heterocycles. The molecule has 4 aromatic carbocycles. The summed E-state index contributed by atoms with van der Waals surface area (Å²) >= 11 is 10.9. The standard InChI is InChI=1S/C32H28Br3N3O3/c1-3-5-13-28-37-26-15-14-23(33)17-25(26)32(39)38(28)36-18-22-16-27(40-4-2)31(30(35)29(22)34)41-19-21-11-8-10-20-9-6-7-12-24(20)21/h6-12,14-18H,3-5,13,19H2,1-2H3. The number of benzene rings is 4. The Balaban J connectivity index is 1.52. The highest BCUT2D eigenvalue weighted by molar-refractivity contribution is 9.13. The van der Waals surface area contributed by atoms with Gasteiger partial charge in [0, 0.05) is 20.9 Å². The molecular formula is C32H28Br3N3O3. The third-order valence-electron chi connectivity index (χ3n) is 6.65. The molecule has 210 valence electrons. The lowest BCUT2D eigenvalue weighted by Crippen LogP contribution is -2.22. The molecule has 41 heavy (non-hydrogen) atoms. The Hall–Kier alpha value is -3.01. The molecule has 0 atom stereocenters. The lowest BCUT2D eigenvalue weighted by Gasteiger charge is -2.17. The molecule has 5 rings (SSSR count). The molecule has 6 nitrogen and oxygen atoms in total. The molecular weight excluding hydrogens is 714 g/mol. The van der Waals surface area contributed by atoms with Crippen LogP contribution in [0.3, 0.4) is 0 Å². The summed E-state index contributed by atoms with van der Waals surface area (Å²) in [6.45, 7) is 4.86. The maximum absolute atomic E-state index is 13.5. The monoisotopic (exact) mass is 739 g/mol. The third-order valence-corrected chi connectivity index (χ3v) is 9.29. The van der Waals surface area contributed by atoms with Crippen molar-refractivity contribution in [3.63, 3.8) is 0 Å². The summed E-state index contributed by atoms with van der Waals surface area (Å²) in [6.07, 6.45) is 4.17. The summed E-state index contributed by atoms with van der Waals surface area (Å²) < 4.78 is 16.0. The highest BCUT2D eigenvalue weighted by atomic mass is 79.9. The zero-order chi connectivity index (χ0) is 28.9. The first kappa shape index (κ1) is 29.5. The van der Waals surface area contributed by atoms with E-state index in [1.807, 2.05) is 43.3 Å². The molecule has 0 fully saturated rings. The largest absolute Gasteiger partial charge is 0.490 e. The molecule has 1 aromatic heterocycles. The minimum Gasteiger partial charge on any atom is -0.490 e. The minimum atomic E-state index is -0.214. The van der Waals surface area contributed by atoms with Crippen molar-refractivity contribution in [3.05, 3.63) is 107 Å². The molecule has 1 heterocycles. The number of hydrogen-bond acceptors (Lipinski definition) is 5. The van der Waals surface area contributed by atoms with Gasteiger partial charge in [0.15, 0.2) is 11.5 Å². The summed E-state index contributed by atoms with van der Waals surface area (Å²) in [4.78, 5) is 18.3. The minimum absolute atomic E-state index is 0.214. The van der Waals surface area contributed by atoms with Crippen molar-refractivity contribution in [2.24, 2.45) is 5.10 Å². The first-order valence-electron chi connectivity index (χ1n) is 13.4. The van der Waals surface area contributed by atoms with E-state index in [0.717, 1.165) is 43.7 Å². The Morgan fingerprint density at radius 1 is 0.927 bits per heavy atom. The van der Waals surface area contributed by atoms with Crippen molar-refractivity contribution in [1.82, 2.24) is 9.66 Å². The van der Waals surface area contributed by atoms with Crippen LogP contribution in [0.2, 0.25) is 0 Å². The zero-order valence-electron chi connectivity index (χ0n) is 22.7. The van der Waals surface area contributed by atoms with Gasteiger partial charge in [-0.1, -0.05) is 71.7 Å². The van der Waals surface area contributed by atoms with E-state index in [1.54, 1.807) is 12.3 Å². The quantitative estimate of drug-likeness (QED) is 0.134. The molecule has 0 saturated heterocycles. The maximum atomic E-state index is 13.5. The van der Waals surface area contributed by atoms with Crippen LogP contribution in [0.4, 0.5) is 0 Å². The normalized spacial score (nSPS) is 11.5. The second-order valence-corrected chi connectivity index (χ2v) is 11.9. The van der Waals surface area contributed by atoms with Crippen molar-refractivity contribution < 1.29 is 9.47 Å². The number of ether oxygens (including phenoxy) is 2. The predicted molar refractivity (Wildman–Crippen MR) is 177 cm³/mol. The summed E-state index contributed by atoms with van der Waals surface area (Å²) in [5.74, 6) is 1.78. The highest BCUT2D eigenvalue weighted by Crippen LogP contribution is 2.43. The van der Waals surface area contributed by atoms with Gasteiger partial charge in [0.2, 0.25) is 0 Å². The van der Waals surface area contributed by atoms with Crippen molar-refractivity contribution >= 4 is 75.7 Å². The number of unbranched alkanes of at least 4 members (excludes halogenated alkanes) is 1. The van der Waals surface area contributed by atoms with Crippen molar-refractivity contribution in [3.8, 4) is 11.5 Å². The molecule has 0 aliphatic rings. The highest BCUT2D eigenvalue weighted by Gasteiger charge is 2.18. The second-order valence-electron chi connectivity index (χ2n) is 9.44. The lowest BCUT2D eigenvalue weighted by atomic mass is 10.1. The lowest BCUT2D eigenvalue weighted by molar-refractivity contribution is 0.268. The van der Waals surface area contributed by atoms with Crippen molar-refractivity contribution in [1.29, 1.82) is 0 Å². The van der Waals surface area contributed by atoms with Gasteiger partial charge in [-0.05, 0) is 85.8 Å². The Kier molecular flexibility index (Phi) is 9.57. The van der Waals surface area contributed by atoms with Gasteiger partial charge >= 0.3 is 0 Å². The topological polar surface area (TPSA) is 65.7 Å². The van der Waals surface area contributed by atoms with E-state index in [-0.39, 0.29) is 5.56 Å². The fourth-order valence-corrected chi connectivity index (χ4v) is 5.89. The van der Waals surface area contributed by atoms with Crippen LogP contribution in [0.25, 0.3) is 21.7 Å². The first-order chi connectivity index (χ1) is 19.9. The number of aromatic nitrogens is 2. The van der Waals surface area contributed by atoms with E-state index in [9.17, 15) is 4.79 Å². The predicted octanol–water partition coefficient (Wildman–Crippen LogP) is 9.04. The van der Waals surface area contributed by atoms with Crippen molar-refractivity contribution in [2.45, 2.75) is 39.7 Å². The van der Waals surface area contributed by atoms with Gasteiger partial charge in [-0.25, -0.2) is 4.98 Å². The van der Waals surface area contributed by atoms with Crippen LogP contribution in [0.15, 0.2) is 90.0 Å². The van der Waals surface area contributed by atoms with Crippen LogP contribution in [-0.4, -0.2) is 22.5 Å². The van der Waals surface area contributed by atoms with E-state index in [2.05, 4.69) is 84.1 Å². The summed E-state index contributed by atoms with van der Waals surface area (Å²) in [5.41, 5.74) is 2.24. The molecule has 0 radical (unpaired) electrons. The van der Waals surface area contributed by atoms with E-state index < -0.39 is 0 Å². The summed E-state index contributed by atoms with van der Waals surface area (Å²) in [5, 5.41) is 7.43. The molecule has 0 amide bonds. The number of halogens is 3. The van der Waals surface area contributed by atoms with E-state index in [0.29, 0.717) is 52.3 Å². The Bertz CT molecular complexity index is 1810. The molecule has 0 unspecified atom stereocenters. The number of fused-ring (bicyclic) bond motifs is 2. The molecule has 0 aliphatic carbocycles. The Morgan fingerprint density at radius 2 is 1.73 bits per heavy atom. The molecule has 5 aromatic rings. The van der Waals surface area contributed by atoms with Gasteiger partial charge in [-0.2, -0.15) is 9.78 Å². The maximum Gasteiger partial charge on any atom is 0.282 e. The van der Waals surface area contributed by atoms with Crippen LogP contribution >= 0.6 is 47.8 Å². The average molecular weight is 742 g/mol.